The molecular formula is C15H25N3O. The maximum Gasteiger partial charge on any atom is 0.126 e. The fraction of sp³-hybridized carbons (Fsp3) is 0.667. The summed E-state index contributed by atoms with van der Waals surface area (Å²) in [6.45, 7) is 9.09. The highest BCUT2D eigenvalue weighted by Gasteiger charge is 2.20. The molecule has 1 saturated carbocycles. The SMILES string of the molecule is CCN(CC)CCOc1ccncc1CNC1CC1. The fourth-order valence-corrected chi connectivity index (χ4v) is 2.05. The van der Waals surface area contributed by atoms with Gasteiger partial charge in [0.2, 0.25) is 0 Å². The van der Waals surface area contributed by atoms with Gasteiger partial charge in [0, 0.05) is 37.1 Å². The Hall–Kier alpha value is -1.13. The second-order valence-electron chi connectivity index (χ2n) is 5.01. The number of ether oxygens (including phenoxy) is 1. The summed E-state index contributed by atoms with van der Waals surface area (Å²) in [6.07, 6.45) is 6.31. The van der Waals surface area contributed by atoms with Crippen molar-refractivity contribution in [2.75, 3.05) is 26.2 Å². The first-order valence-corrected chi connectivity index (χ1v) is 7.35. The quantitative estimate of drug-likeness (QED) is 0.740. The van der Waals surface area contributed by atoms with Crippen molar-refractivity contribution in [2.24, 2.45) is 0 Å². The number of nitrogens with zero attached hydrogens (tertiary/aromatic N) is 2. The molecule has 4 nitrogen and oxygen atoms in total. The van der Waals surface area contributed by atoms with E-state index < -0.39 is 0 Å². The molecule has 2 rings (SSSR count). The summed E-state index contributed by atoms with van der Waals surface area (Å²) in [7, 11) is 0. The van der Waals surface area contributed by atoms with E-state index in [1.807, 2.05) is 12.3 Å². The number of pyridine rings is 1. The van der Waals surface area contributed by atoms with Gasteiger partial charge in [0.15, 0.2) is 0 Å². The van der Waals surface area contributed by atoms with E-state index >= 15 is 0 Å². The average molecular weight is 263 g/mol. The molecule has 1 N–H and O–H groups in total. The van der Waals surface area contributed by atoms with E-state index in [-0.39, 0.29) is 0 Å². The van der Waals surface area contributed by atoms with Crippen LogP contribution in [0.5, 0.6) is 5.75 Å². The van der Waals surface area contributed by atoms with Gasteiger partial charge in [0.1, 0.15) is 12.4 Å². The molecule has 0 saturated heterocycles. The van der Waals surface area contributed by atoms with Gasteiger partial charge in [-0.3, -0.25) is 4.98 Å². The molecule has 1 fully saturated rings. The van der Waals surface area contributed by atoms with Gasteiger partial charge in [-0.05, 0) is 32.0 Å². The summed E-state index contributed by atoms with van der Waals surface area (Å²) in [4.78, 5) is 6.55. The maximum absolute atomic E-state index is 5.90. The van der Waals surface area contributed by atoms with Gasteiger partial charge in [0.25, 0.3) is 0 Å². The van der Waals surface area contributed by atoms with E-state index in [0.717, 1.165) is 44.1 Å². The first-order chi connectivity index (χ1) is 9.33. The topological polar surface area (TPSA) is 37.4 Å². The van der Waals surface area contributed by atoms with E-state index in [9.17, 15) is 0 Å². The van der Waals surface area contributed by atoms with Crippen molar-refractivity contribution in [3.8, 4) is 5.75 Å². The number of nitrogens with one attached hydrogen (secondary N) is 1. The molecule has 1 heterocycles. The molecule has 0 radical (unpaired) electrons. The minimum atomic E-state index is 0.712. The Kier molecular flexibility index (Phi) is 5.61. The lowest BCUT2D eigenvalue weighted by Crippen LogP contribution is -2.28. The van der Waals surface area contributed by atoms with Crippen molar-refractivity contribution >= 4 is 0 Å². The molecular weight excluding hydrogens is 238 g/mol. The monoisotopic (exact) mass is 263 g/mol. The lowest BCUT2D eigenvalue weighted by Gasteiger charge is -2.18. The van der Waals surface area contributed by atoms with Crippen LogP contribution >= 0.6 is 0 Å². The van der Waals surface area contributed by atoms with E-state index in [2.05, 4.69) is 29.0 Å². The van der Waals surface area contributed by atoms with Gasteiger partial charge < -0.3 is 15.0 Å². The van der Waals surface area contributed by atoms with Gasteiger partial charge in [-0.15, -0.1) is 0 Å². The lowest BCUT2D eigenvalue weighted by atomic mass is 10.2. The Morgan fingerprint density at radius 3 is 2.84 bits per heavy atom. The lowest BCUT2D eigenvalue weighted by molar-refractivity contribution is 0.221. The van der Waals surface area contributed by atoms with E-state index in [1.54, 1.807) is 6.20 Å². The molecule has 0 aromatic carbocycles. The third kappa shape index (κ3) is 4.80. The van der Waals surface area contributed by atoms with Gasteiger partial charge in [0.05, 0.1) is 0 Å². The summed E-state index contributed by atoms with van der Waals surface area (Å²) in [5.41, 5.74) is 1.16. The Balaban J connectivity index is 1.80. The molecule has 1 aliphatic rings. The first-order valence-electron chi connectivity index (χ1n) is 7.35. The second-order valence-corrected chi connectivity index (χ2v) is 5.01. The van der Waals surface area contributed by atoms with Crippen LogP contribution in [-0.4, -0.2) is 42.2 Å². The molecule has 1 aromatic heterocycles. The number of likely N-dealkylation sites (N-methyl/N-ethyl adjacent to an activating group) is 1. The van der Waals surface area contributed by atoms with Crippen LogP contribution in [0.15, 0.2) is 18.5 Å². The van der Waals surface area contributed by atoms with Crippen molar-refractivity contribution in [1.29, 1.82) is 0 Å². The zero-order valence-electron chi connectivity index (χ0n) is 12.1. The summed E-state index contributed by atoms with van der Waals surface area (Å²) < 4.78 is 5.90. The third-order valence-electron chi connectivity index (χ3n) is 3.58. The van der Waals surface area contributed by atoms with Gasteiger partial charge in [-0.1, -0.05) is 13.8 Å². The van der Waals surface area contributed by atoms with Crippen LogP contribution in [0, 0.1) is 0 Å². The standard InChI is InChI=1S/C15H25N3O/c1-3-18(4-2)9-10-19-15-7-8-16-11-13(15)12-17-14-5-6-14/h7-8,11,14,17H,3-6,9-10,12H2,1-2H3. The first kappa shape index (κ1) is 14.3. The second kappa shape index (κ2) is 7.46. The molecule has 0 spiro atoms. The molecule has 19 heavy (non-hydrogen) atoms. The van der Waals surface area contributed by atoms with Crippen LogP contribution in [-0.2, 0) is 6.54 Å². The van der Waals surface area contributed by atoms with Crippen LogP contribution in [0.1, 0.15) is 32.3 Å². The summed E-state index contributed by atoms with van der Waals surface area (Å²) in [5, 5.41) is 3.50. The van der Waals surface area contributed by atoms with Crippen molar-refractivity contribution in [3.05, 3.63) is 24.0 Å². The number of hydrogen-bond donors (Lipinski definition) is 1. The molecule has 0 bridgehead atoms. The molecule has 0 amide bonds. The number of aromatic nitrogens is 1. The third-order valence-corrected chi connectivity index (χ3v) is 3.58. The van der Waals surface area contributed by atoms with Crippen molar-refractivity contribution < 1.29 is 4.74 Å². The van der Waals surface area contributed by atoms with Crippen molar-refractivity contribution in [2.45, 2.75) is 39.3 Å². The van der Waals surface area contributed by atoms with Gasteiger partial charge >= 0.3 is 0 Å². The Morgan fingerprint density at radius 1 is 1.37 bits per heavy atom. The van der Waals surface area contributed by atoms with E-state index in [1.165, 1.54) is 12.8 Å². The van der Waals surface area contributed by atoms with Gasteiger partial charge in [-0.2, -0.15) is 0 Å². The molecule has 4 heteroatoms. The zero-order valence-corrected chi connectivity index (χ0v) is 12.1. The molecule has 1 aliphatic carbocycles. The smallest absolute Gasteiger partial charge is 0.126 e. The minimum Gasteiger partial charge on any atom is -0.492 e. The minimum absolute atomic E-state index is 0.712. The van der Waals surface area contributed by atoms with Crippen LogP contribution in [0.3, 0.4) is 0 Å². The Morgan fingerprint density at radius 2 is 2.16 bits per heavy atom. The predicted molar refractivity (Wildman–Crippen MR) is 77.4 cm³/mol. The largest absolute Gasteiger partial charge is 0.492 e. The highest BCUT2D eigenvalue weighted by molar-refractivity contribution is 5.30. The van der Waals surface area contributed by atoms with Crippen LogP contribution in [0.2, 0.25) is 0 Å². The predicted octanol–water partition coefficient (Wildman–Crippen LogP) is 2.05. The molecule has 0 atom stereocenters. The normalized spacial score (nSPS) is 14.9. The highest BCUT2D eigenvalue weighted by atomic mass is 16.5. The Labute approximate surface area is 116 Å². The van der Waals surface area contributed by atoms with Crippen LogP contribution < -0.4 is 10.1 Å². The zero-order chi connectivity index (χ0) is 13.5. The summed E-state index contributed by atoms with van der Waals surface area (Å²) >= 11 is 0. The summed E-state index contributed by atoms with van der Waals surface area (Å²) in [5.74, 6) is 0.968. The van der Waals surface area contributed by atoms with E-state index in [0.29, 0.717) is 6.04 Å². The van der Waals surface area contributed by atoms with Crippen molar-refractivity contribution in [1.82, 2.24) is 15.2 Å². The Bertz CT molecular complexity index is 375. The molecule has 0 aliphatic heterocycles. The maximum atomic E-state index is 5.90. The molecule has 0 unspecified atom stereocenters. The molecule has 106 valence electrons. The van der Waals surface area contributed by atoms with E-state index in [4.69, 9.17) is 4.74 Å². The number of hydrogen-bond acceptors (Lipinski definition) is 4. The summed E-state index contributed by atoms with van der Waals surface area (Å²) in [6, 6.07) is 2.68. The fourth-order valence-electron chi connectivity index (χ4n) is 2.05. The average Bonchev–Trinajstić information content (AvgIpc) is 3.26. The number of rotatable bonds is 9. The van der Waals surface area contributed by atoms with Crippen LogP contribution in [0.25, 0.3) is 0 Å². The molecule has 1 aromatic rings. The van der Waals surface area contributed by atoms with Gasteiger partial charge in [-0.25, -0.2) is 0 Å². The highest BCUT2D eigenvalue weighted by Crippen LogP contribution is 2.22. The van der Waals surface area contributed by atoms with Crippen LogP contribution in [0.4, 0.5) is 0 Å². The van der Waals surface area contributed by atoms with Crippen molar-refractivity contribution in [3.63, 3.8) is 0 Å².